The van der Waals surface area contributed by atoms with Gasteiger partial charge in [-0.1, -0.05) is 35.9 Å². The fourth-order valence-corrected chi connectivity index (χ4v) is 2.21. The van der Waals surface area contributed by atoms with Crippen molar-refractivity contribution >= 4 is 17.3 Å². The fraction of sp³-hybridized carbons (Fsp3) is 0.200. The van der Waals surface area contributed by atoms with Gasteiger partial charge in [0.2, 0.25) is 5.60 Å². The first kappa shape index (κ1) is 15.7. The van der Waals surface area contributed by atoms with E-state index in [0.717, 1.165) is 12.1 Å². The number of aliphatic hydroxyl groups is 1. The first-order chi connectivity index (χ1) is 9.66. The van der Waals surface area contributed by atoms with Crippen molar-refractivity contribution in [3.05, 3.63) is 64.2 Å². The summed E-state index contributed by atoms with van der Waals surface area (Å²) >= 11 is 5.69. The van der Waals surface area contributed by atoms with Crippen molar-refractivity contribution in [1.29, 1.82) is 0 Å². The minimum atomic E-state index is -4.89. The molecule has 0 aliphatic carbocycles. The Hall–Kier alpha value is -1.72. The van der Waals surface area contributed by atoms with Crippen LogP contribution in [0.25, 0.3) is 0 Å². The second kappa shape index (κ2) is 5.24. The average Bonchev–Trinajstić information content (AvgIpc) is 2.40. The van der Waals surface area contributed by atoms with Crippen LogP contribution in [-0.4, -0.2) is 11.3 Å². The lowest BCUT2D eigenvalue weighted by Crippen LogP contribution is -2.43. The normalized spacial score (nSPS) is 14.8. The van der Waals surface area contributed by atoms with Gasteiger partial charge in [-0.3, -0.25) is 0 Å². The van der Waals surface area contributed by atoms with E-state index in [1.54, 1.807) is 6.92 Å². The Balaban J connectivity index is 2.67. The molecule has 2 aromatic carbocycles. The number of hydrogen-bond donors (Lipinski definition) is 2. The molecule has 0 fully saturated rings. The van der Waals surface area contributed by atoms with E-state index in [9.17, 15) is 18.3 Å². The zero-order valence-corrected chi connectivity index (χ0v) is 11.8. The van der Waals surface area contributed by atoms with Gasteiger partial charge in [0.05, 0.1) is 0 Å². The molecule has 3 N–H and O–H groups in total. The van der Waals surface area contributed by atoms with Crippen LogP contribution in [0.15, 0.2) is 42.5 Å². The molecular weight excluding hydrogens is 303 g/mol. The van der Waals surface area contributed by atoms with Crippen molar-refractivity contribution in [2.45, 2.75) is 18.7 Å². The predicted octanol–water partition coefficient (Wildman–Crippen LogP) is 4.03. The topological polar surface area (TPSA) is 46.2 Å². The van der Waals surface area contributed by atoms with Gasteiger partial charge >= 0.3 is 6.18 Å². The smallest absolute Gasteiger partial charge is 0.399 e. The standard InChI is InChI=1S/C15H13ClF3NO/c1-9-8-11(4-7-13(9)20)14(21,15(17,18)19)10-2-5-12(16)6-3-10/h2-8,21H,20H2,1H3. The molecule has 0 aliphatic rings. The predicted molar refractivity (Wildman–Crippen MR) is 76.1 cm³/mol. The summed E-state index contributed by atoms with van der Waals surface area (Å²) in [5.74, 6) is 0. The summed E-state index contributed by atoms with van der Waals surface area (Å²) in [5, 5.41) is 10.7. The molecule has 6 heteroatoms. The van der Waals surface area contributed by atoms with Gasteiger partial charge in [0.15, 0.2) is 0 Å². The summed E-state index contributed by atoms with van der Waals surface area (Å²) in [4.78, 5) is 0. The van der Waals surface area contributed by atoms with Crippen molar-refractivity contribution in [1.82, 2.24) is 0 Å². The molecule has 0 amide bonds. The molecule has 0 heterocycles. The lowest BCUT2D eigenvalue weighted by Gasteiger charge is -2.32. The molecule has 1 atom stereocenters. The summed E-state index contributed by atoms with van der Waals surface area (Å²) in [6.07, 6.45) is -4.89. The zero-order chi connectivity index (χ0) is 15.8. The third-order valence-electron chi connectivity index (χ3n) is 3.36. The van der Waals surface area contributed by atoms with Crippen LogP contribution >= 0.6 is 11.6 Å². The van der Waals surface area contributed by atoms with E-state index in [1.807, 2.05) is 0 Å². The highest BCUT2D eigenvalue weighted by Crippen LogP contribution is 2.44. The number of anilines is 1. The Morgan fingerprint density at radius 2 is 1.52 bits per heavy atom. The van der Waals surface area contributed by atoms with E-state index in [-0.39, 0.29) is 16.1 Å². The van der Waals surface area contributed by atoms with Crippen LogP contribution in [0, 0.1) is 6.92 Å². The van der Waals surface area contributed by atoms with Crippen LogP contribution in [-0.2, 0) is 5.60 Å². The van der Waals surface area contributed by atoms with Crippen LogP contribution in [0.4, 0.5) is 18.9 Å². The van der Waals surface area contributed by atoms with Crippen molar-refractivity contribution in [3.63, 3.8) is 0 Å². The summed E-state index contributed by atoms with van der Waals surface area (Å²) in [5.41, 5.74) is 2.74. The number of nitrogen functional groups attached to an aromatic ring is 1. The van der Waals surface area contributed by atoms with Gasteiger partial charge in [-0.2, -0.15) is 13.2 Å². The quantitative estimate of drug-likeness (QED) is 0.822. The first-order valence-electron chi connectivity index (χ1n) is 6.08. The molecule has 0 aliphatic heterocycles. The second-order valence-electron chi connectivity index (χ2n) is 4.79. The minimum absolute atomic E-state index is 0.288. The van der Waals surface area contributed by atoms with Crippen LogP contribution in [0.1, 0.15) is 16.7 Å². The average molecular weight is 316 g/mol. The van der Waals surface area contributed by atoms with Gasteiger partial charge in [-0.05, 0) is 41.8 Å². The Bertz CT molecular complexity index is 655. The Morgan fingerprint density at radius 3 is 2.00 bits per heavy atom. The molecule has 0 aromatic heterocycles. The largest absolute Gasteiger partial charge is 0.425 e. The van der Waals surface area contributed by atoms with Crippen molar-refractivity contribution in [2.75, 3.05) is 5.73 Å². The maximum Gasteiger partial charge on any atom is 0.425 e. The second-order valence-corrected chi connectivity index (χ2v) is 5.22. The maximum atomic E-state index is 13.5. The van der Waals surface area contributed by atoms with Crippen molar-refractivity contribution in [3.8, 4) is 0 Å². The van der Waals surface area contributed by atoms with Gasteiger partial charge < -0.3 is 10.8 Å². The van der Waals surface area contributed by atoms with Crippen LogP contribution in [0.3, 0.4) is 0 Å². The number of rotatable bonds is 2. The molecule has 1 unspecified atom stereocenters. The number of aryl methyl sites for hydroxylation is 1. The maximum absolute atomic E-state index is 13.5. The van der Waals surface area contributed by atoms with Crippen LogP contribution in [0.5, 0.6) is 0 Å². The molecule has 112 valence electrons. The highest BCUT2D eigenvalue weighted by molar-refractivity contribution is 6.30. The summed E-state index contributed by atoms with van der Waals surface area (Å²) < 4.78 is 40.5. The summed E-state index contributed by atoms with van der Waals surface area (Å²) in [6.45, 7) is 1.58. The molecule has 0 saturated heterocycles. The number of alkyl halides is 3. The molecule has 21 heavy (non-hydrogen) atoms. The van der Waals surface area contributed by atoms with Crippen LogP contribution < -0.4 is 5.73 Å². The van der Waals surface area contributed by atoms with E-state index in [1.165, 1.54) is 30.3 Å². The Kier molecular flexibility index (Phi) is 3.91. The number of hydrogen-bond acceptors (Lipinski definition) is 2. The zero-order valence-electron chi connectivity index (χ0n) is 11.1. The molecule has 2 aromatic rings. The highest BCUT2D eigenvalue weighted by Gasteiger charge is 2.56. The van der Waals surface area contributed by atoms with E-state index in [0.29, 0.717) is 11.3 Å². The Morgan fingerprint density at radius 1 is 1.00 bits per heavy atom. The molecule has 0 radical (unpaired) electrons. The number of nitrogens with two attached hydrogens (primary N) is 1. The van der Waals surface area contributed by atoms with Gasteiger partial charge in [-0.25, -0.2) is 0 Å². The minimum Gasteiger partial charge on any atom is -0.399 e. The van der Waals surface area contributed by atoms with E-state index < -0.39 is 11.8 Å². The number of benzene rings is 2. The van der Waals surface area contributed by atoms with Crippen molar-refractivity contribution in [2.24, 2.45) is 0 Å². The third-order valence-corrected chi connectivity index (χ3v) is 3.61. The van der Waals surface area contributed by atoms with Gasteiger partial charge in [-0.15, -0.1) is 0 Å². The van der Waals surface area contributed by atoms with Crippen molar-refractivity contribution < 1.29 is 18.3 Å². The summed E-state index contributed by atoms with van der Waals surface area (Å²) in [7, 11) is 0. The van der Waals surface area contributed by atoms with Gasteiger partial charge in [0, 0.05) is 10.7 Å². The SMILES string of the molecule is Cc1cc(C(O)(c2ccc(Cl)cc2)C(F)(F)F)ccc1N. The van der Waals surface area contributed by atoms with Gasteiger partial charge in [0.1, 0.15) is 0 Å². The van der Waals surface area contributed by atoms with Gasteiger partial charge in [0.25, 0.3) is 0 Å². The molecular formula is C15H13ClF3NO. The molecule has 2 rings (SSSR count). The van der Waals surface area contributed by atoms with Crippen LogP contribution in [0.2, 0.25) is 5.02 Å². The van der Waals surface area contributed by atoms with E-state index in [4.69, 9.17) is 17.3 Å². The Labute approximate surface area is 125 Å². The van der Waals surface area contributed by atoms with E-state index in [2.05, 4.69) is 0 Å². The molecule has 0 bridgehead atoms. The molecule has 0 spiro atoms. The highest BCUT2D eigenvalue weighted by atomic mass is 35.5. The number of halogens is 4. The molecule has 2 nitrogen and oxygen atoms in total. The lowest BCUT2D eigenvalue weighted by molar-refractivity contribution is -0.248. The molecule has 0 saturated carbocycles. The fourth-order valence-electron chi connectivity index (χ4n) is 2.09. The van der Waals surface area contributed by atoms with E-state index >= 15 is 0 Å². The summed E-state index contributed by atoms with van der Waals surface area (Å²) in [6, 6.07) is 8.66. The first-order valence-corrected chi connectivity index (χ1v) is 6.46. The lowest BCUT2D eigenvalue weighted by atomic mass is 9.85. The third kappa shape index (κ3) is 2.71. The monoisotopic (exact) mass is 315 g/mol.